The van der Waals surface area contributed by atoms with Crippen LogP contribution < -0.4 is 11.1 Å². The smallest absolute Gasteiger partial charge is 0.263 e. The highest BCUT2D eigenvalue weighted by Gasteiger charge is 2.01. The summed E-state index contributed by atoms with van der Waals surface area (Å²) in [6.07, 6.45) is 4.48. The predicted octanol–water partition coefficient (Wildman–Crippen LogP) is 1.25. The van der Waals surface area contributed by atoms with Crippen molar-refractivity contribution < 1.29 is 4.92 Å². The molecule has 0 aliphatic heterocycles. The quantitative estimate of drug-likeness (QED) is 0.375. The van der Waals surface area contributed by atoms with Gasteiger partial charge >= 0.3 is 0 Å². The number of nitrogen functional groups attached to an aromatic ring is 1. The second kappa shape index (κ2) is 7.88. The van der Waals surface area contributed by atoms with Gasteiger partial charge in [-0.2, -0.15) is 11.8 Å². The van der Waals surface area contributed by atoms with Gasteiger partial charge in [0, 0.05) is 23.7 Å². The predicted molar refractivity (Wildman–Crippen MR) is 75.8 cm³/mol. The molecular formula is C9H15N5O2S2. The Kier molecular flexibility index (Phi) is 6.44. The topological polar surface area (TPSA) is 110 Å². The molecule has 0 fully saturated rings. The maximum absolute atomic E-state index is 10.3. The molecular weight excluding hydrogens is 274 g/mol. The molecule has 0 unspecified atom stereocenters. The fourth-order valence-electron chi connectivity index (χ4n) is 1.14. The van der Waals surface area contributed by atoms with Crippen molar-refractivity contribution in [2.75, 3.05) is 24.3 Å². The van der Waals surface area contributed by atoms with E-state index in [1.807, 2.05) is 0 Å². The molecule has 0 radical (unpaired) electrons. The first-order chi connectivity index (χ1) is 8.61. The molecule has 0 aliphatic rings. The van der Waals surface area contributed by atoms with E-state index < -0.39 is 4.92 Å². The van der Waals surface area contributed by atoms with Gasteiger partial charge in [-0.3, -0.25) is 10.1 Å². The molecule has 7 nitrogen and oxygen atoms in total. The molecule has 1 aromatic rings. The van der Waals surface area contributed by atoms with Crippen LogP contribution in [0.4, 0.5) is 5.95 Å². The van der Waals surface area contributed by atoms with Crippen molar-refractivity contribution in [3.8, 4) is 0 Å². The minimum atomic E-state index is -0.459. The number of nitro groups is 1. The number of thioether (sulfide) groups is 2. The lowest BCUT2D eigenvalue weighted by atomic mass is 10.6. The normalized spacial score (nSPS) is 11.5. The summed E-state index contributed by atoms with van der Waals surface area (Å²) in [7, 11) is 0. The number of anilines is 1. The Morgan fingerprint density at radius 3 is 3.11 bits per heavy atom. The van der Waals surface area contributed by atoms with Crippen LogP contribution in [0.3, 0.4) is 0 Å². The average molecular weight is 289 g/mol. The number of hydrogen-bond donors (Lipinski definition) is 3. The summed E-state index contributed by atoms with van der Waals surface area (Å²) in [6.45, 7) is 0.675. The zero-order valence-electron chi connectivity index (χ0n) is 9.88. The van der Waals surface area contributed by atoms with Crippen molar-refractivity contribution in [2.24, 2.45) is 0 Å². The van der Waals surface area contributed by atoms with Crippen molar-refractivity contribution >= 4 is 29.5 Å². The van der Waals surface area contributed by atoms with Crippen molar-refractivity contribution in [1.29, 1.82) is 0 Å². The first kappa shape index (κ1) is 14.7. The van der Waals surface area contributed by atoms with Gasteiger partial charge in [-0.15, -0.1) is 11.8 Å². The second-order valence-corrected chi connectivity index (χ2v) is 5.21. The third-order valence-electron chi connectivity index (χ3n) is 1.89. The lowest BCUT2D eigenvalue weighted by Gasteiger charge is -2.05. The van der Waals surface area contributed by atoms with Crippen molar-refractivity contribution in [2.45, 2.75) is 5.75 Å². The Morgan fingerprint density at radius 2 is 2.56 bits per heavy atom. The van der Waals surface area contributed by atoms with Crippen LogP contribution in [-0.2, 0) is 5.75 Å². The number of rotatable bonds is 8. The van der Waals surface area contributed by atoms with Gasteiger partial charge < -0.3 is 16.0 Å². The summed E-state index contributed by atoms with van der Waals surface area (Å²) in [4.78, 5) is 16.7. The summed E-state index contributed by atoms with van der Waals surface area (Å²) in [5.74, 6) is 2.05. The van der Waals surface area contributed by atoms with Crippen LogP contribution in [0.1, 0.15) is 5.69 Å². The van der Waals surface area contributed by atoms with Gasteiger partial charge in [-0.1, -0.05) is 0 Å². The van der Waals surface area contributed by atoms with Crippen LogP contribution in [0.25, 0.3) is 0 Å². The maximum atomic E-state index is 10.3. The number of hydrogen-bond acceptors (Lipinski definition) is 7. The SMILES string of the molecule is CS/C(=C/[N+](=O)[O-])NCCSCc1cnc(N)[nH]1. The fourth-order valence-corrected chi connectivity index (χ4v) is 2.34. The molecule has 100 valence electrons. The summed E-state index contributed by atoms with van der Waals surface area (Å²) in [5.41, 5.74) is 6.43. The molecule has 1 heterocycles. The highest BCUT2D eigenvalue weighted by Crippen LogP contribution is 2.11. The molecule has 0 aromatic carbocycles. The Labute approximate surface area is 113 Å². The van der Waals surface area contributed by atoms with E-state index >= 15 is 0 Å². The summed E-state index contributed by atoms with van der Waals surface area (Å²) < 4.78 is 0. The minimum absolute atomic E-state index is 0.419. The van der Waals surface area contributed by atoms with Crippen molar-refractivity contribution in [3.05, 3.63) is 33.2 Å². The molecule has 0 spiro atoms. The van der Waals surface area contributed by atoms with Crippen molar-refractivity contribution in [3.63, 3.8) is 0 Å². The van der Waals surface area contributed by atoms with Gasteiger partial charge in [-0.05, 0) is 6.26 Å². The van der Waals surface area contributed by atoms with E-state index in [1.54, 1.807) is 24.2 Å². The van der Waals surface area contributed by atoms with Crippen LogP contribution >= 0.6 is 23.5 Å². The van der Waals surface area contributed by atoms with Gasteiger partial charge in [0.25, 0.3) is 6.20 Å². The van der Waals surface area contributed by atoms with E-state index in [0.29, 0.717) is 17.5 Å². The Balaban J connectivity index is 2.16. The zero-order chi connectivity index (χ0) is 13.4. The van der Waals surface area contributed by atoms with Crippen molar-refractivity contribution in [1.82, 2.24) is 15.3 Å². The Bertz CT molecular complexity index is 421. The van der Waals surface area contributed by atoms with E-state index in [2.05, 4.69) is 15.3 Å². The number of nitrogens with zero attached hydrogens (tertiary/aromatic N) is 2. The minimum Gasteiger partial charge on any atom is -0.374 e. The number of H-pyrrole nitrogens is 1. The molecule has 0 saturated carbocycles. The number of aromatic nitrogens is 2. The van der Waals surface area contributed by atoms with E-state index in [1.165, 1.54) is 11.8 Å². The molecule has 0 atom stereocenters. The Morgan fingerprint density at radius 1 is 1.78 bits per heavy atom. The maximum Gasteiger partial charge on any atom is 0.263 e. The standard InChI is InChI=1S/C9H15N5O2S2/c1-17-8(5-14(15)16)11-2-3-18-6-7-4-12-9(10)13-7/h4-5,11H,2-3,6H2,1H3,(H3,10,12,13)/b8-5+. The third-order valence-corrected chi connectivity index (χ3v) is 3.59. The van der Waals surface area contributed by atoms with Crippen LogP contribution in [0.2, 0.25) is 0 Å². The highest BCUT2D eigenvalue weighted by atomic mass is 32.2. The van der Waals surface area contributed by atoms with Gasteiger partial charge in [0.2, 0.25) is 0 Å². The average Bonchev–Trinajstić information content (AvgIpc) is 2.72. The van der Waals surface area contributed by atoms with Gasteiger partial charge in [0.15, 0.2) is 5.95 Å². The number of nitrogens with two attached hydrogens (primary N) is 1. The third kappa shape index (κ3) is 5.82. The largest absolute Gasteiger partial charge is 0.374 e. The lowest BCUT2D eigenvalue weighted by molar-refractivity contribution is -0.403. The summed E-state index contributed by atoms with van der Waals surface area (Å²) >= 11 is 3.02. The second-order valence-electron chi connectivity index (χ2n) is 3.26. The molecule has 0 aliphatic carbocycles. The molecule has 4 N–H and O–H groups in total. The first-order valence-electron chi connectivity index (χ1n) is 5.12. The van der Waals surface area contributed by atoms with E-state index in [4.69, 9.17) is 5.73 Å². The number of nitrogens with one attached hydrogen (secondary N) is 2. The summed E-state index contributed by atoms with van der Waals surface area (Å²) in [5, 5.41) is 13.9. The highest BCUT2D eigenvalue weighted by molar-refractivity contribution is 8.02. The van der Waals surface area contributed by atoms with E-state index in [-0.39, 0.29) is 0 Å². The monoisotopic (exact) mass is 289 g/mol. The lowest BCUT2D eigenvalue weighted by Crippen LogP contribution is -2.15. The van der Waals surface area contributed by atoms with E-state index in [0.717, 1.165) is 23.4 Å². The molecule has 18 heavy (non-hydrogen) atoms. The molecule has 0 amide bonds. The molecule has 0 bridgehead atoms. The molecule has 1 aromatic heterocycles. The number of aromatic amines is 1. The zero-order valence-corrected chi connectivity index (χ0v) is 11.5. The summed E-state index contributed by atoms with van der Waals surface area (Å²) in [6, 6.07) is 0. The van der Waals surface area contributed by atoms with Gasteiger partial charge in [0.05, 0.1) is 11.1 Å². The fraction of sp³-hybridized carbons (Fsp3) is 0.444. The molecule has 1 rings (SSSR count). The van der Waals surface area contributed by atoms with Gasteiger partial charge in [-0.25, -0.2) is 4.98 Å². The van der Waals surface area contributed by atoms with E-state index in [9.17, 15) is 10.1 Å². The molecule has 0 saturated heterocycles. The Hall–Kier alpha value is -1.35. The van der Waals surface area contributed by atoms with Crippen LogP contribution in [0, 0.1) is 10.1 Å². The number of imidazole rings is 1. The molecule has 9 heteroatoms. The van der Waals surface area contributed by atoms with Crippen LogP contribution in [0.5, 0.6) is 0 Å². The van der Waals surface area contributed by atoms with Crippen LogP contribution in [-0.4, -0.2) is 33.4 Å². The van der Waals surface area contributed by atoms with Gasteiger partial charge in [0.1, 0.15) is 5.03 Å². The van der Waals surface area contributed by atoms with Crippen LogP contribution in [0.15, 0.2) is 17.4 Å². The first-order valence-corrected chi connectivity index (χ1v) is 7.50.